The van der Waals surface area contributed by atoms with Crippen molar-refractivity contribution in [3.63, 3.8) is 0 Å². The van der Waals surface area contributed by atoms with Gasteiger partial charge < -0.3 is 10.4 Å². The fourth-order valence-electron chi connectivity index (χ4n) is 2.75. The molecule has 1 amide bonds. The van der Waals surface area contributed by atoms with Gasteiger partial charge in [0.2, 0.25) is 0 Å². The topological polar surface area (TPSA) is 84.2 Å². The predicted molar refractivity (Wildman–Crippen MR) is 74.4 cm³/mol. The number of nitrogens with one attached hydrogen (secondary N) is 1. The lowest BCUT2D eigenvalue weighted by Gasteiger charge is -2.35. The molecule has 6 nitrogen and oxygen atoms in total. The van der Waals surface area contributed by atoms with Crippen molar-refractivity contribution >= 4 is 5.91 Å². The fourth-order valence-corrected chi connectivity index (χ4v) is 2.75. The van der Waals surface area contributed by atoms with E-state index in [4.69, 9.17) is 0 Å². The van der Waals surface area contributed by atoms with Crippen molar-refractivity contribution in [3.05, 3.63) is 28.2 Å². The fraction of sp³-hybridized carbons (Fsp3) is 0.643. The van der Waals surface area contributed by atoms with E-state index in [2.05, 4.69) is 17.3 Å². The Morgan fingerprint density at radius 2 is 2.35 bits per heavy atom. The summed E-state index contributed by atoms with van der Waals surface area (Å²) in [6, 6.07) is 2.70. The van der Waals surface area contributed by atoms with Crippen LogP contribution in [-0.4, -0.2) is 32.9 Å². The highest BCUT2D eigenvalue weighted by Gasteiger charge is 2.33. The van der Waals surface area contributed by atoms with Gasteiger partial charge in [-0.3, -0.25) is 9.59 Å². The molecular weight excluding hydrogens is 258 g/mol. The number of rotatable bonds is 3. The predicted octanol–water partition coefficient (Wildman–Crippen LogP) is 0.451. The molecule has 2 N–H and O–H groups in total. The van der Waals surface area contributed by atoms with Crippen molar-refractivity contribution in [2.45, 2.75) is 38.2 Å². The minimum absolute atomic E-state index is 0.180. The van der Waals surface area contributed by atoms with Gasteiger partial charge in [0.05, 0.1) is 5.60 Å². The van der Waals surface area contributed by atoms with Crippen LogP contribution in [0.25, 0.3) is 0 Å². The molecule has 0 bridgehead atoms. The Hall–Kier alpha value is -1.69. The van der Waals surface area contributed by atoms with Crippen molar-refractivity contribution in [1.82, 2.24) is 15.1 Å². The number of carbonyl (C=O) groups is 1. The lowest BCUT2D eigenvalue weighted by Crippen LogP contribution is -2.46. The highest BCUT2D eigenvalue weighted by Crippen LogP contribution is 2.31. The van der Waals surface area contributed by atoms with Crippen LogP contribution in [-0.2, 0) is 7.05 Å². The van der Waals surface area contributed by atoms with Crippen LogP contribution in [0.2, 0.25) is 0 Å². The zero-order chi connectivity index (χ0) is 14.8. The highest BCUT2D eigenvalue weighted by molar-refractivity contribution is 5.92. The Morgan fingerprint density at radius 1 is 1.60 bits per heavy atom. The number of carbonyl (C=O) groups excluding carboxylic acids is 1. The zero-order valence-electron chi connectivity index (χ0n) is 11.9. The number of nitrogens with zero attached hydrogens (tertiary/aromatic N) is 2. The SMILES string of the molecule is CC1CCCC(O)(CNC(=O)c2ccc(=O)n(C)n2)C1. The van der Waals surface area contributed by atoms with Gasteiger partial charge in [0.1, 0.15) is 5.69 Å². The van der Waals surface area contributed by atoms with Gasteiger partial charge >= 0.3 is 0 Å². The summed E-state index contributed by atoms with van der Waals surface area (Å²) in [7, 11) is 1.50. The van der Waals surface area contributed by atoms with E-state index in [1.165, 1.54) is 19.2 Å². The van der Waals surface area contributed by atoms with Gasteiger partial charge in [-0.15, -0.1) is 0 Å². The van der Waals surface area contributed by atoms with Gasteiger partial charge in [0.15, 0.2) is 0 Å². The summed E-state index contributed by atoms with van der Waals surface area (Å²) >= 11 is 0. The molecule has 6 heteroatoms. The van der Waals surface area contributed by atoms with Crippen LogP contribution in [0.15, 0.2) is 16.9 Å². The lowest BCUT2D eigenvalue weighted by atomic mass is 9.79. The molecule has 0 spiro atoms. The molecule has 0 saturated heterocycles. The number of aromatic nitrogens is 2. The molecule has 2 atom stereocenters. The Bertz CT molecular complexity index is 555. The summed E-state index contributed by atoms with van der Waals surface area (Å²) in [5.74, 6) is 0.105. The quantitative estimate of drug-likeness (QED) is 0.841. The molecule has 1 aliphatic rings. The standard InChI is InChI=1S/C14H21N3O3/c1-10-4-3-7-14(20,8-10)9-15-13(19)11-5-6-12(18)17(2)16-11/h5-6,10,20H,3-4,7-9H2,1-2H3,(H,15,19). The Balaban J connectivity index is 1.97. The van der Waals surface area contributed by atoms with E-state index in [1.807, 2.05) is 0 Å². The second-order valence-corrected chi connectivity index (χ2v) is 5.79. The van der Waals surface area contributed by atoms with Crippen LogP contribution in [0.3, 0.4) is 0 Å². The summed E-state index contributed by atoms with van der Waals surface area (Å²) in [5, 5.41) is 17.0. The van der Waals surface area contributed by atoms with E-state index in [0.717, 1.165) is 17.5 Å². The third-order valence-corrected chi connectivity index (χ3v) is 3.84. The Kier molecular flexibility index (Phi) is 4.23. The van der Waals surface area contributed by atoms with Crippen LogP contribution >= 0.6 is 0 Å². The van der Waals surface area contributed by atoms with E-state index < -0.39 is 5.60 Å². The maximum absolute atomic E-state index is 12.0. The van der Waals surface area contributed by atoms with Crippen molar-refractivity contribution in [2.75, 3.05) is 6.54 Å². The summed E-state index contributed by atoms with van der Waals surface area (Å²) in [4.78, 5) is 23.2. The number of aryl methyl sites for hydroxylation is 1. The van der Waals surface area contributed by atoms with Gasteiger partial charge in [0, 0.05) is 19.7 Å². The van der Waals surface area contributed by atoms with Crippen LogP contribution in [0.5, 0.6) is 0 Å². The van der Waals surface area contributed by atoms with E-state index in [1.54, 1.807) is 0 Å². The van der Waals surface area contributed by atoms with Gasteiger partial charge in [-0.05, 0) is 24.8 Å². The summed E-state index contributed by atoms with van der Waals surface area (Å²) in [6.07, 6.45) is 3.51. The molecule has 110 valence electrons. The van der Waals surface area contributed by atoms with Crippen molar-refractivity contribution in [2.24, 2.45) is 13.0 Å². The molecule has 0 aromatic carbocycles. The minimum atomic E-state index is -0.825. The van der Waals surface area contributed by atoms with Crippen LogP contribution in [0.1, 0.15) is 43.1 Å². The number of amides is 1. The maximum Gasteiger partial charge on any atom is 0.271 e. The molecule has 0 aliphatic heterocycles. The van der Waals surface area contributed by atoms with E-state index in [9.17, 15) is 14.7 Å². The second-order valence-electron chi connectivity index (χ2n) is 5.79. The molecule has 20 heavy (non-hydrogen) atoms. The molecular formula is C14H21N3O3. The molecule has 0 radical (unpaired) electrons. The largest absolute Gasteiger partial charge is 0.388 e. The first-order chi connectivity index (χ1) is 9.39. The normalized spacial score (nSPS) is 26.2. The second kappa shape index (κ2) is 5.75. The van der Waals surface area contributed by atoms with Crippen molar-refractivity contribution < 1.29 is 9.90 Å². The third-order valence-electron chi connectivity index (χ3n) is 3.84. The van der Waals surface area contributed by atoms with E-state index in [0.29, 0.717) is 18.8 Å². The number of hydrogen-bond acceptors (Lipinski definition) is 4. The van der Waals surface area contributed by atoms with E-state index >= 15 is 0 Å². The smallest absolute Gasteiger partial charge is 0.271 e. The molecule has 2 unspecified atom stereocenters. The lowest BCUT2D eigenvalue weighted by molar-refractivity contribution is -0.0109. The number of hydrogen-bond donors (Lipinski definition) is 2. The van der Waals surface area contributed by atoms with Gasteiger partial charge in [-0.1, -0.05) is 19.8 Å². The van der Waals surface area contributed by atoms with Crippen LogP contribution in [0.4, 0.5) is 0 Å². The maximum atomic E-state index is 12.0. The molecule has 1 aliphatic carbocycles. The molecule has 1 fully saturated rings. The first-order valence-corrected chi connectivity index (χ1v) is 6.95. The highest BCUT2D eigenvalue weighted by atomic mass is 16.3. The monoisotopic (exact) mass is 279 g/mol. The molecule has 1 aromatic heterocycles. The third kappa shape index (κ3) is 3.45. The Morgan fingerprint density at radius 3 is 3.00 bits per heavy atom. The minimum Gasteiger partial charge on any atom is -0.388 e. The first kappa shape index (κ1) is 14.7. The first-order valence-electron chi connectivity index (χ1n) is 6.95. The summed E-state index contributed by atoms with van der Waals surface area (Å²) in [5.41, 5.74) is -0.908. The van der Waals surface area contributed by atoms with Gasteiger partial charge in [-0.2, -0.15) is 5.10 Å². The van der Waals surface area contributed by atoms with Gasteiger partial charge in [-0.25, -0.2) is 4.68 Å². The average Bonchev–Trinajstić information content (AvgIpc) is 2.39. The average molecular weight is 279 g/mol. The summed E-state index contributed by atoms with van der Waals surface area (Å²) < 4.78 is 1.12. The van der Waals surface area contributed by atoms with Crippen LogP contribution < -0.4 is 10.9 Å². The molecule has 1 aromatic rings. The molecule has 2 rings (SSSR count). The van der Waals surface area contributed by atoms with Crippen molar-refractivity contribution in [3.8, 4) is 0 Å². The van der Waals surface area contributed by atoms with Gasteiger partial charge in [0.25, 0.3) is 11.5 Å². The van der Waals surface area contributed by atoms with E-state index in [-0.39, 0.29) is 23.7 Å². The molecule has 1 saturated carbocycles. The summed E-state index contributed by atoms with van der Waals surface area (Å²) in [6.45, 7) is 2.33. The molecule has 1 heterocycles. The Labute approximate surface area is 117 Å². The zero-order valence-corrected chi connectivity index (χ0v) is 11.9. The van der Waals surface area contributed by atoms with Crippen molar-refractivity contribution in [1.29, 1.82) is 0 Å². The number of aliphatic hydroxyl groups is 1. The van der Waals surface area contributed by atoms with Crippen LogP contribution in [0, 0.1) is 5.92 Å².